The first kappa shape index (κ1) is 21.9. The van der Waals surface area contributed by atoms with E-state index in [1.165, 1.54) is 0 Å². The predicted molar refractivity (Wildman–Crippen MR) is 119 cm³/mol. The number of hydrogen-bond acceptors (Lipinski definition) is 3. The van der Waals surface area contributed by atoms with Crippen molar-refractivity contribution in [3.63, 3.8) is 0 Å². The highest BCUT2D eigenvalue weighted by molar-refractivity contribution is 5.84. The molecular formula is C25H32N2O3. The van der Waals surface area contributed by atoms with Gasteiger partial charge in [-0.15, -0.1) is 0 Å². The number of ether oxygens (including phenoxy) is 1. The van der Waals surface area contributed by atoms with Crippen LogP contribution in [0.1, 0.15) is 49.7 Å². The summed E-state index contributed by atoms with van der Waals surface area (Å²) in [5, 5.41) is 3.23. The summed E-state index contributed by atoms with van der Waals surface area (Å²) in [5.74, 6) is 0.844. The maximum atomic E-state index is 12.9. The van der Waals surface area contributed by atoms with Crippen molar-refractivity contribution >= 4 is 11.8 Å². The minimum Gasteiger partial charge on any atom is -0.496 e. The second-order valence-corrected chi connectivity index (χ2v) is 7.90. The zero-order chi connectivity index (χ0) is 21.3. The normalized spacial score (nSPS) is 15.5. The van der Waals surface area contributed by atoms with Gasteiger partial charge in [0.15, 0.2) is 0 Å². The first-order chi connectivity index (χ1) is 14.6. The van der Waals surface area contributed by atoms with Crippen molar-refractivity contribution in [1.29, 1.82) is 0 Å². The number of piperidine rings is 1. The Hall–Kier alpha value is -2.82. The van der Waals surface area contributed by atoms with Gasteiger partial charge in [0, 0.05) is 24.7 Å². The standard InChI is InChI=1S/C25H32N2O3/c1-3-9-22(19-10-5-4-6-11-19)25(29)26-21-14-16-27(17-15-21)24(28)18-20-12-7-8-13-23(20)30-2/h4-8,10-13,21-22H,3,9,14-18H2,1-2H3,(H,26,29). The Kier molecular flexibility index (Phi) is 7.89. The second-order valence-electron chi connectivity index (χ2n) is 7.90. The minimum absolute atomic E-state index is 0.0989. The van der Waals surface area contributed by atoms with Crippen LogP contribution in [-0.4, -0.2) is 43.0 Å². The van der Waals surface area contributed by atoms with Gasteiger partial charge in [-0.2, -0.15) is 0 Å². The van der Waals surface area contributed by atoms with E-state index in [1.54, 1.807) is 7.11 Å². The summed E-state index contributed by atoms with van der Waals surface area (Å²) in [6.07, 6.45) is 3.72. The first-order valence-corrected chi connectivity index (χ1v) is 10.9. The first-order valence-electron chi connectivity index (χ1n) is 10.9. The lowest BCUT2D eigenvalue weighted by molar-refractivity contribution is -0.131. The van der Waals surface area contributed by atoms with E-state index in [-0.39, 0.29) is 23.8 Å². The number of carbonyl (C=O) groups excluding carboxylic acids is 2. The summed E-state index contributed by atoms with van der Waals surface area (Å²) in [6, 6.07) is 17.8. The molecule has 1 N–H and O–H groups in total. The number of hydrogen-bond donors (Lipinski definition) is 1. The molecule has 2 aromatic carbocycles. The highest BCUT2D eigenvalue weighted by Gasteiger charge is 2.27. The van der Waals surface area contributed by atoms with Crippen LogP contribution in [0.3, 0.4) is 0 Å². The molecule has 1 fully saturated rings. The lowest BCUT2D eigenvalue weighted by Crippen LogP contribution is -2.47. The van der Waals surface area contributed by atoms with Crippen LogP contribution in [0.5, 0.6) is 5.75 Å². The quantitative estimate of drug-likeness (QED) is 0.720. The van der Waals surface area contributed by atoms with Gasteiger partial charge in [0.25, 0.3) is 0 Å². The van der Waals surface area contributed by atoms with Gasteiger partial charge in [0.2, 0.25) is 11.8 Å². The summed E-state index contributed by atoms with van der Waals surface area (Å²) < 4.78 is 5.35. The van der Waals surface area contributed by atoms with Gasteiger partial charge in [-0.3, -0.25) is 9.59 Å². The molecule has 0 spiro atoms. The van der Waals surface area contributed by atoms with E-state index in [9.17, 15) is 9.59 Å². The number of rotatable bonds is 8. The lowest BCUT2D eigenvalue weighted by Gasteiger charge is -2.33. The SMILES string of the molecule is CCCC(C(=O)NC1CCN(C(=O)Cc2ccccc2OC)CC1)c1ccccc1. The van der Waals surface area contributed by atoms with Crippen LogP contribution in [0.25, 0.3) is 0 Å². The monoisotopic (exact) mass is 408 g/mol. The molecule has 3 rings (SSSR count). The second kappa shape index (κ2) is 10.8. The van der Waals surface area contributed by atoms with E-state index in [1.807, 2.05) is 59.5 Å². The highest BCUT2D eigenvalue weighted by Crippen LogP contribution is 2.23. The van der Waals surface area contributed by atoms with Crippen molar-refractivity contribution in [3.05, 3.63) is 65.7 Å². The number of methoxy groups -OCH3 is 1. The van der Waals surface area contributed by atoms with Gasteiger partial charge in [0.1, 0.15) is 5.75 Å². The molecular weight excluding hydrogens is 376 g/mol. The molecule has 1 aliphatic rings. The molecule has 0 bridgehead atoms. The smallest absolute Gasteiger partial charge is 0.227 e. The van der Waals surface area contributed by atoms with Crippen molar-refractivity contribution in [3.8, 4) is 5.75 Å². The number of amides is 2. The van der Waals surface area contributed by atoms with Crippen LogP contribution < -0.4 is 10.1 Å². The molecule has 1 heterocycles. The van der Waals surface area contributed by atoms with Gasteiger partial charge in [0.05, 0.1) is 19.4 Å². The Balaban J connectivity index is 1.52. The summed E-state index contributed by atoms with van der Waals surface area (Å²) in [7, 11) is 1.62. The third kappa shape index (κ3) is 5.62. The molecule has 2 amide bonds. The molecule has 5 heteroatoms. The number of carbonyl (C=O) groups is 2. The number of likely N-dealkylation sites (tertiary alicyclic amines) is 1. The van der Waals surface area contributed by atoms with Crippen molar-refractivity contribution in [2.45, 2.75) is 51.0 Å². The molecule has 0 aliphatic carbocycles. The molecule has 2 aromatic rings. The van der Waals surface area contributed by atoms with Gasteiger partial charge < -0.3 is 15.0 Å². The molecule has 160 valence electrons. The van der Waals surface area contributed by atoms with Gasteiger partial charge >= 0.3 is 0 Å². The Morgan fingerprint density at radius 2 is 1.73 bits per heavy atom. The molecule has 5 nitrogen and oxygen atoms in total. The van der Waals surface area contributed by atoms with E-state index in [2.05, 4.69) is 12.2 Å². The van der Waals surface area contributed by atoms with Gasteiger partial charge in [-0.25, -0.2) is 0 Å². The van der Waals surface area contributed by atoms with Crippen molar-refractivity contribution < 1.29 is 14.3 Å². The maximum Gasteiger partial charge on any atom is 0.227 e. The van der Waals surface area contributed by atoms with Crippen molar-refractivity contribution in [1.82, 2.24) is 10.2 Å². The molecule has 1 saturated heterocycles. The van der Waals surface area contributed by atoms with Crippen LogP contribution in [-0.2, 0) is 16.0 Å². The maximum absolute atomic E-state index is 12.9. The van der Waals surface area contributed by atoms with Crippen LogP contribution in [0.2, 0.25) is 0 Å². The number of nitrogens with one attached hydrogen (secondary N) is 1. The molecule has 1 atom stereocenters. The van der Waals surface area contributed by atoms with Crippen LogP contribution in [0, 0.1) is 0 Å². The fourth-order valence-electron chi connectivity index (χ4n) is 4.12. The number of para-hydroxylation sites is 1. The largest absolute Gasteiger partial charge is 0.496 e. The summed E-state index contributed by atoms with van der Waals surface area (Å²) in [6.45, 7) is 3.44. The van der Waals surface area contributed by atoms with E-state index < -0.39 is 0 Å². The lowest BCUT2D eigenvalue weighted by atomic mass is 9.92. The third-order valence-corrected chi connectivity index (χ3v) is 5.82. The van der Waals surface area contributed by atoms with Crippen LogP contribution >= 0.6 is 0 Å². The van der Waals surface area contributed by atoms with Crippen LogP contribution in [0.4, 0.5) is 0 Å². The summed E-state index contributed by atoms with van der Waals surface area (Å²) in [5.41, 5.74) is 1.98. The topological polar surface area (TPSA) is 58.6 Å². The fourth-order valence-corrected chi connectivity index (χ4v) is 4.12. The minimum atomic E-state index is -0.110. The van der Waals surface area contributed by atoms with Crippen molar-refractivity contribution in [2.75, 3.05) is 20.2 Å². The Morgan fingerprint density at radius 3 is 2.40 bits per heavy atom. The average Bonchev–Trinajstić information content (AvgIpc) is 2.78. The van der Waals surface area contributed by atoms with Crippen LogP contribution in [0.15, 0.2) is 54.6 Å². The molecule has 0 aromatic heterocycles. The highest BCUT2D eigenvalue weighted by atomic mass is 16.5. The number of benzene rings is 2. The zero-order valence-corrected chi connectivity index (χ0v) is 18.0. The predicted octanol–water partition coefficient (Wildman–Crippen LogP) is 3.93. The summed E-state index contributed by atoms with van der Waals surface area (Å²) >= 11 is 0. The Bertz CT molecular complexity index is 829. The van der Waals surface area contributed by atoms with Gasteiger partial charge in [-0.1, -0.05) is 61.9 Å². The molecule has 0 saturated carbocycles. The Morgan fingerprint density at radius 1 is 1.07 bits per heavy atom. The van der Waals surface area contributed by atoms with Gasteiger partial charge in [-0.05, 0) is 30.9 Å². The fraction of sp³-hybridized carbons (Fsp3) is 0.440. The van der Waals surface area contributed by atoms with E-state index in [0.29, 0.717) is 19.5 Å². The number of nitrogens with zero attached hydrogens (tertiary/aromatic N) is 1. The summed E-state index contributed by atoms with van der Waals surface area (Å²) in [4.78, 5) is 27.5. The van der Waals surface area contributed by atoms with E-state index >= 15 is 0 Å². The third-order valence-electron chi connectivity index (χ3n) is 5.82. The molecule has 1 unspecified atom stereocenters. The zero-order valence-electron chi connectivity index (χ0n) is 18.0. The molecule has 1 aliphatic heterocycles. The Labute approximate surface area is 179 Å². The molecule has 0 radical (unpaired) electrons. The molecule has 30 heavy (non-hydrogen) atoms. The van der Waals surface area contributed by atoms with Crippen molar-refractivity contribution in [2.24, 2.45) is 0 Å². The average molecular weight is 409 g/mol. The van der Waals surface area contributed by atoms with E-state index in [4.69, 9.17) is 4.74 Å². The van der Waals surface area contributed by atoms with E-state index in [0.717, 1.165) is 42.6 Å².